The van der Waals surface area contributed by atoms with Gasteiger partial charge in [0.25, 0.3) is 0 Å². The van der Waals surface area contributed by atoms with Crippen LogP contribution in [0.3, 0.4) is 0 Å². The predicted molar refractivity (Wildman–Crippen MR) is 90.6 cm³/mol. The molecule has 0 aliphatic carbocycles. The molecular weight excluding hydrogens is 268 g/mol. The van der Waals surface area contributed by atoms with Gasteiger partial charge < -0.3 is 0 Å². The first-order valence-electron chi connectivity index (χ1n) is 6.43. The minimum absolute atomic E-state index is 0.561. The summed E-state index contributed by atoms with van der Waals surface area (Å²) in [5.74, 6) is 0. The number of aryl methyl sites for hydroxylation is 3. The summed E-state index contributed by atoms with van der Waals surface area (Å²) in [4.78, 5) is 0. The Kier molecular flexibility index (Phi) is 4.03. The maximum Gasteiger partial charge on any atom is 0.106 e. The van der Waals surface area contributed by atoms with Gasteiger partial charge in [-0.15, -0.1) is 0 Å². The van der Waals surface area contributed by atoms with E-state index in [0.717, 1.165) is 11.1 Å². The van der Waals surface area contributed by atoms with Crippen molar-refractivity contribution in [2.24, 2.45) is 0 Å². The molecule has 0 bridgehead atoms. The topological polar surface area (TPSA) is 0 Å². The van der Waals surface area contributed by atoms with E-state index in [0.29, 0.717) is 0 Å². The summed E-state index contributed by atoms with van der Waals surface area (Å²) in [5.41, 5.74) is 7.37. The van der Waals surface area contributed by atoms with Gasteiger partial charge in [-0.2, -0.15) is 25.3 Å². The maximum absolute atomic E-state index is 4.83. The van der Waals surface area contributed by atoms with Gasteiger partial charge in [-0.3, -0.25) is 0 Å². The maximum atomic E-state index is 4.83. The molecule has 0 aliphatic rings. The van der Waals surface area contributed by atoms with Crippen molar-refractivity contribution in [3.63, 3.8) is 0 Å². The number of rotatable bonds is 2. The minimum Gasteiger partial charge on any atom is -0.152 e. The molecular formula is C17H20S2. The largest absolute Gasteiger partial charge is 0.152 e. The van der Waals surface area contributed by atoms with Crippen LogP contribution in [0.5, 0.6) is 0 Å². The van der Waals surface area contributed by atoms with Crippen molar-refractivity contribution in [2.75, 3.05) is 0 Å². The van der Waals surface area contributed by atoms with Crippen LogP contribution in [0.25, 0.3) is 0 Å². The second-order valence-electron chi connectivity index (χ2n) is 5.22. The van der Waals surface area contributed by atoms with Crippen molar-refractivity contribution in [1.29, 1.82) is 0 Å². The Hall–Kier alpha value is -0.860. The van der Waals surface area contributed by atoms with Crippen LogP contribution in [-0.2, 0) is 4.08 Å². The lowest BCUT2D eigenvalue weighted by Gasteiger charge is -2.27. The highest BCUT2D eigenvalue weighted by molar-refractivity contribution is 8.00. The van der Waals surface area contributed by atoms with Crippen LogP contribution < -0.4 is 0 Å². The minimum atomic E-state index is -0.561. The fraction of sp³-hybridized carbons (Fsp3) is 0.294. The molecule has 0 saturated heterocycles. The molecule has 19 heavy (non-hydrogen) atoms. The van der Waals surface area contributed by atoms with Gasteiger partial charge in [0.2, 0.25) is 0 Å². The van der Waals surface area contributed by atoms with Gasteiger partial charge in [-0.1, -0.05) is 36.4 Å². The number of thiol groups is 2. The number of benzene rings is 2. The molecule has 0 radical (unpaired) electrons. The normalized spacial score (nSPS) is 11.7. The van der Waals surface area contributed by atoms with Crippen LogP contribution in [-0.4, -0.2) is 0 Å². The molecule has 0 aliphatic heterocycles. The Bertz CT molecular complexity index is 613. The first-order chi connectivity index (χ1) is 8.84. The standard InChI is InChI=1S/C17H20S2/c1-11-8-9-15(10-13(11)3)17(18,19)16-7-5-6-12(2)14(16)4/h5-10,18-19H,1-4H3. The van der Waals surface area contributed by atoms with E-state index in [1.54, 1.807) is 0 Å². The molecule has 0 atom stereocenters. The van der Waals surface area contributed by atoms with E-state index in [4.69, 9.17) is 25.3 Å². The summed E-state index contributed by atoms with van der Waals surface area (Å²) in [6.07, 6.45) is 0. The Morgan fingerprint density at radius 1 is 0.789 bits per heavy atom. The zero-order valence-electron chi connectivity index (χ0n) is 11.9. The quantitative estimate of drug-likeness (QED) is 0.565. The number of hydrogen-bond donors (Lipinski definition) is 2. The van der Waals surface area contributed by atoms with E-state index in [1.165, 1.54) is 22.3 Å². The molecule has 0 aromatic heterocycles. The zero-order valence-corrected chi connectivity index (χ0v) is 13.6. The van der Waals surface area contributed by atoms with Crippen LogP contribution >= 0.6 is 25.3 Å². The van der Waals surface area contributed by atoms with Gasteiger partial charge in [0.15, 0.2) is 0 Å². The molecule has 2 aromatic carbocycles. The summed E-state index contributed by atoms with van der Waals surface area (Å²) in [5, 5.41) is 0. The summed E-state index contributed by atoms with van der Waals surface area (Å²) in [7, 11) is 0. The molecule has 0 amide bonds. The third kappa shape index (κ3) is 2.70. The summed E-state index contributed by atoms with van der Waals surface area (Å²) >= 11 is 9.66. The van der Waals surface area contributed by atoms with E-state index in [1.807, 2.05) is 0 Å². The Morgan fingerprint density at radius 3 is 2.11 bits per heavy atom. The first-order valence-corrected chi connectivity index (χ1v) is 7.32. The second kappa shape index (κ2) is 5.26. The summed E-state index contributed by atoms with van der Waals surface area (Å²) in [6.45, 7) is 8.50. The highest BCUT2D eigenvalue weighted by Crippen LogP contribution is 2.42. The van der Waals surface area contributed by atoms with Crippen molar-refractivity contribution < 1.29 is 0 Å². The van der Waals surface area contributed by atoms with Crippen molar-refractivity contribution in [3.05, 3.63) is 69.8 Å². The van der Waals surface area contributed by atoms with E-state index >= 15 is 0 Å². The van der Waals surface area contributed by atoms with Crippen LogP contribution in [0.1, 0.15) is 33.4 Å². The average Bonchev–Trinajstić information content (AvgIpc) is 2.35. The zero-order chi connectivity index (χ0) is 14.2. The molecule has 2 heteroatoms. The molecule has 0 heterocycles. The van der Waals surface area contributed by atoms with E-state index < -0.39 is 4.08 Å². The number of hydrogen-bond acceptors (Lipinski definition) is 2. The van der Waals surface area contributed by atoms with E-state index in [9.17, 15) is 0 Å². The van der Waals surface area contributed by atoms with Gasteiger partial charge in [0.1, 0.15) is 4.08 Å². The molecule has 0 fully saturated rings. The fourth-order valence-corrected chi connectivity index (χ4v) is 3.01. The molecule has 0 N–H and O–H groups in total. The van der Waals surface area contributed by atoms with Gasteiger partial charge in [0, 0.05) is 0 Å². The van der Waals surface area contributed by atoms with Crippen molar-refractivity contribution in [3.8, 4) is 0 Å². The van der Waals surface area contributed by atoms with Crippen LogP contribution in [0.15, 0.2) is 36.4 Å². The van der Waals surface area contributed by atoms with E-state index in [-0.39, 0.29) is 0 Å². The Balaban J connectivity index is 2.58. The van der Waals surface area contributed by atoms with Gasteiger partial charge in [0.05, 0.1) is 0 Å². The molecule has 100 valence electrons. The lowest BCUT2D eigenvalue weighted by atomic mass is 9.94. The van der Waals surface area contributed by atoms with Crippen molar-refractivity contribution in [1.82, 2.24) is 0 Å². The lowest BCUT2D eigenvalue weighted by Crippen LogP contribution is -2.15. The van der Waals surface area contributed by atoms with Crippen molar-refractivity contribution in [2.45, 2.75) is 31.8 Å². The summed E-state index contributed by atoms with van der Waals surface area (Å²) < 4.78 is -0.561. The highest BCUT2D eigenvalue weighted by atomic mass is 32.2. The molecule has 0 spiro atoms. The molecule has 2 rings (SSSR count). The fourth-order valence-electron chi connectivity index (χ4n) is 2.24. The highest BCUT2D eigenvalue weighted by Gasteiger charge is 2.27. The monoisotopic (exact) mass is 288 g/mol. The smallest absolute Gasteiger partial charge is 0.106 e. The SMILES string of the molecule is Cc1ccc(C(S)(S)c2cccc(C)c2C)cc1C. The third-order valence-corrected chi connectivity index (χ3v) is 4.89. The Morgan fingerprint density at radius 2 is 1.47 bits per heavy atom. The lowest BCUT2D eigenvalue weighted by molar-refractivity contribution is 1.05. The average molecular weight is 288 g/mol. The molecule has 0 nitrogen and oxygen atoms in total. The second-order valence-corrected chi connectivity index (χ2v) is 6.91. The van der Waals surface area contributed by atoms with Crippen LogP contribution in [0, 0.1) is 27.7 Å². The van der Waals surface area contributed by atoms with Gasteiger partial charge >= 0.3 is 0 Å². The van der Waals surface area contributed by atoms with Crippen LogP contribution in [0.4, 0.5) is 0 Å². The van der Waals surface area contributed by atoms with Crippen molar-refractivity contribution >= 4 is 25.3 Å². The van der Waals surface area contributed by atoms with Gasteiger partial charge in [-0.05, 0) is 61.1 Å². The van der Waals surface area contributed by atoms with E-state index in [2.05, 4.69) is 64.1 Å². The molecule has 2 aromatic rings. The molecule has 0 unspecified atom stereocenters. The Labute approximate surface area is 127 Å². The summed E-state index contributed by atoms with van der Waals surface area (Å²) in [6, 6.07) is 12.7. The van der Waals surface area contributed by atoms with Crippen LogP contribution in [0.2, 0.25) is 0 Å². The third-order valence-electron chi connectivity index (χ3n) is 3.89. The first kappa shape index (κ1) is 14.5. The predicted octanol–water partition coefficient (Wildman–Crippen LogP) is 4.98. The van der Waals surface area contributed by atoms with Gasteiger partial charge in [-0.25, -0.2) is 0 Å². The molecule has 0 saturated carbocycles.